The van der Waals surface area contributed by atoms with Crippen LogP contribution in [0.5, 0.6) is 0 Å². The standard InChI is InChI=1S/C14H11F3N2O/c15-9-6-11(16)14(17)12(7-9)19-13(20)5-8-2-1-3-10(18)4-8/h1-4,6-7H,5,18H2,(H,19,20). The smallest absolute Gasteiger partial charge is 0.228 e. The molecule has 0 aliphatic carbocycles. The molecule has 0 unspecified atom stereocenters. The summed E-state index contributed by atoms with van der Waals surface area (Å²) < 4.78 is 39.3. The second kappa shape index (κ2) is 5.64. The summed E-state index contributed by atoms with van der Waals surface area (Å²) in [5.41, 5.74) is 6.12. The van der Waals surface area contributed by atoms with Crippen LogP contribution in [0.2, 0.25) is 0 Å². The van der Waals surface area contributed by atoms with Gasteiger partial charge in [-0.25, -0.2) is 13.2 Å². The van der Waals surface area contributed by atoms with Gasteiger partial charge in [0, 0.05) is 17.8 Å². The number of anilines is 2. The molecule has 2 rings (SSSR count). The van der Waals surface area contributed by atoms with Crippen LogP contribution in [0.3, 0.4) is 0 Å². The fraction of sp³-hybridized carbons (Fsp3) is 0.0714. The maximum atomic E-state index is 13.4. The van der Waals surface area contributed by atoms with Gasteiger partial charge in [0.15, 0.2) is 11.6 Å². The number of halogens is 3. The fourth-order valence-corrected chi connectivity index (χ4v) is 1.73. The molecule has 6 heteroatoms. The minimum absolute atomic E-state index is 0.0807. The van der Waals surface area contributed by atoms with Crippen molar-refractivity contribution in [2.45, 2.75) is 6.42 Å². The predicted octanol–water partition coefficient (Wildman–Crippen LogP) is 2.87. The molecule has 0 bridgehead atoms. The summed E-state index contributed by atoms with van der Waals surface area (Å²) in [6.45, 7) is 0. The van der Waals surface area contributed by atoms with Crippen LogP contribution in [-0.2, 0) is 11.2 Å². The summed E-state index contributed by atoms with van der Waals surface area (Å²) in [5.74, 6) is -4.22. The summed E-state index contributed by atoms with van der Waals surface area (Å²) in [5, 5.41) is 2.13. The van der Waals surface area contributed by atoms with Crippen molar-refractivity contribution in [3.8, 4) is 0 Å². The molecule has 0 saturated heterocycles. The first-order valence-corrected chi connectivity index (χ1v) is 5.74. The highest BCUT2D eigenvalue weighted by atomic mass is 19.2. The van der Waals surface area contributed by atoms with Gasteiger partial charge in [0.25, 0.3) is 0 Å². The van der Waals surface area contributed by atoms with Crippen molar-refractivity contribution in [2.75, 3.05) is 11.1 Å². The van der Waals surface area contributed by atoms with E-state index in [-0.39, 0.29) is 6.42 Å². The lowest BCUT2D eigenvalue weighted by Crippen LogP contribution is -2.16. The largest absolute Gasteiger partial charge is 0.399 e. The molecule has 1 amide bonds. The van der Waals surface area contributed by atoms with E-state index < -0.39 is 29.0 Å². The molecule has 0 radical (unpaired) electrons. The average molecular weight is 280 g/mol. The van der Waals surface area contributed by atoms with Gasteiger partial charge in [-0.2, -0.15) is 0 Å². The molecule has 0 atom stereocenters. The minimum atomic E-state index is -1.36. The van der Waals surface area contributed by atoms with E-state index in [0.717, 1.165) is 6.07 Å². The van der Waals surface area contributed by atoms with Crippen molar-refractivity contribution in [1.29, 1.82) is 0 Å². The maximum absolute atomic E-state index is 13.4. The number of hydrogen-bond acceptors (Lipinski definition) is 2. The number of rotatable bonds is 3. The van der Waals surface area contributed by atoms with Crippen LogP contribution in [0.1, 0.15) is 5.56 Å². The van der Waals surface area contributed by atoms with Crippen LogP contribution < -0.4 is 11.1 Å². The number of benzene rings is 2. The van der Waals surface area contributed by atoms with Gasteiger partial charge in [0.2, 0.25) is 5.91 Å². The number of carbonyl (C=O) groups excluding carboxylic acids is 1. The van der Waals surface area contributed by atoms with Gasteiger partial charge >= 0.3 is 0 Å². The Morgan fingerprint density at radius 2 is 1.90 bits per heavy atom. The van der Waals surface area contributed by atoms with E-state index in [4.69, 9.17) is 5.73 Å². The van der Waals surface area contributed by atoms with Gasteiger partial charge in [-0.15, -0.1) is 0 Å². The molecule has 0 aliphatic rings. The first kappa shape index (κ1) is 13.9. The average Bonchev–Trinajstić information content (AvgIpc) is 2.35. The predicted molar refractivity (Wildman–Crippen MR) is 69.5 cm³/mol. The Morgan fingerprint density at radius 3 is 2.60 bits per heavy atom. The summed E-state index contributed by atoms with van der Waals surface area (Å²) in [6, 6.07) is 7.70. The Kier molecular flexibility index (Phi) is 3.93. The highest BCUT2D eigenvalue weighted by Crippen LogP contribution is 2.19. The molecule has 3 N–H and O–H groups in total. The molecule has 104 valence electrons. The molecule has 0 heterocycles. The fourth-order valence-electron chi connectivity index (χ4n) is 1.73. The van der Waals surface area contributed by atoms with Crippen molar-refractivity contribution in [3.63, 3.8) is 0 Å². The summed E-state index contributed by atoms with van der Waals surface area (Å²) >= 11 is 0. The number of nitrogens with one attached hydrogen (secondary N) is 1. The molecular formula is C14H11F3N2O. The van der Waals surface area contributed by atoms with Crippen LogP contribution in [-0.4, -0.2) is 5.91 Å². The minimum Gasteiger partial charge on any atom is -0.399 e. The quantitative estimate of drug-likeness (QED) is 0.671. The van der Waals surface area contributed by atoms with E-state index in [2.05, 4.69) is 5.32 Å². The SMILES string of the molecule is Nc1cccc(CC(=O)Nc2cc(F)cc(F)c2F)c1. The van der Waals surface area contributed by atoms with Crippen LogP contribution >= 0.6 is 0 Å². The van der Waals surface area contributed by atoms with Gasteiger partial charge in [0.1, 0.15) is 5.82 Å². The van der Waals surface area contributed by atoms with E-state index in [9.17, 15) is 18.0 Å². The van der Waals surface area contributed by atoms with Gasteiger partial charge in [-0.05, 0) is 17.7 Å². The van der Waals surface area contributed by atoms with E-state index in [1.54, 1.807) is 24.3 Å². The molecule has 0 aromatic heterocycles. The second-order valence-corrected chi connectivity index (χ2v) is 4.22. The maximum Gasteiger partial charge on any atom is 0.228 e. The molecule has 0 spiro atoms. The van der Waals surface area contributed by atoms with Gasteiger partial charge < -0.3 is 11.1 Å². The normalized spacial score (nSPS) is 10.3. The molecular weight excluding hydrogens is 269 g/mol. The second-order valence-electron chi connectivity index (χ2n) is 4.22. The number of amides is 1. The third kappa shape index (κ3) is 3.28. The Bertz CT molecular complexity index is 659. The molecule has 3 nitrogen and oxygen atoms in total. The van der Waals surface area contributed by atoms with Crippen LogP contribution in [0, 0.1) is 17.5 Å². The van der Waals surface area contributed by atoms with Gasteiger partial charge in [-0.3, -0.25) is 4.79 Å². The van der Waals surface area contributed by atoms with Crippen molar-refractivity contribution in [2.24, 2.45) is 0 Å². The number of carbonyl (C=O) groups is 1. The van der Waals surface area contributed by atoms with Crippen LogP contribution in [0.4, 0.5) is 24.5 Å². The van der Waals surface area contributed by atoms with Crippen molar-refractivity contribution in [1.82, 2.24) is 0 Å². The summed E-state index contributed by atoms with van der Waals surface area (Å²) in [7, 11) is 0. The molecule has 2 aromatic rings. The third-order valence-corrected chi connectivity index (χ3v) is 2.58. The Balaban J connectivity index is 2.12. The van der Waals surface area contributed by atoms with Crippen LogP contribution in [0.25, 0.3) is 0 Å². The molecule has 0 saturated carbocycles. The Labute approximate surface area is 113 Å². The molecule has 0 fully saturated rings. The van der Waals surface area contributed by atoms with E-state index >= 15 is 0 Å². The first-order valence-electron chi connectivity index (χ1n) is 5.74. The summed E-state index contributed by atoms with van der Waals surface area (Å²) in [4.78, 5) is 11.7. The Hall–Kier alpha value is -2.50. The van der Waals surface area contributed by atoms with Crippen molar-refractivity contribution in [3.05, 3.63) is 59.4 Å². The van der Waals surface area contributed by atoms with E-state index in [1.807, 2.05) is 0 Å². The van der Waals surface area contributed by atoms with Gasteiger partial charge in [0.05, 0.1) is 12.1 Å². The monoisotopic (exact) mass is 280 g/mol. The number of hydrogen-bond donors (Lipinski definition) is 2. The van der Waals surface area contributed by atoms with Gasteiger partial charge in [-0.1, -0.05) is 12.1 Å². The lowest BCUT2D eigenvalue weighted by molar-refractivity contribution is -0.115. The topological polar surface area (TPSA) is 55.1 Å². The lowest BCUT2D eigenvalue weighted by Gasteiger charge is -2.07. The lowest BCUT2D eigenvalue weighted by atomic mass is 10.1. The zero-order valence-electron chi connectivity index (χ0n) is 10.3. The third-order valence-electron chi connectivity index (χ3n) is 2.58. The zero-order chi connectivity index (χ0) is 14.7. The van der Waals surface area contributed by atoms with Crippen molar-refractivity contribution >= 4 is 17.3 Å². The zero-order valence-corrected chi connectivity index (χ0v) is 10.3. The summed E-state index contributed by atoms with van der Waals surface area (Å²) in [6.07, 6.45) is -0.0807. The highest BCUT2D eigenvalue weighted by molar-refractivity contribution is 5.92. The van der Waals surface area contributed by atoms with E-state index in [0.29, 0.717) is 17.3 Å². The molecule has 0 aliphatic heterocycles. The Morgan fingerprint density at radius 1 is 1.15 bits per heavy atom. The molecule has 2 aromatic carbocycles. The number of nitrogen functional groups attached to an aromatic ring is 1. The van der Waals surface area contributed by atoms with E-state index in [1.165, 1.54) is 0 Å². The van der Waals surface area contributed by atoms with Crippen LogP contribution in [0.15, 0.2) is 36.4 Å². The van der Waals surface area contributed by atoms with Crippen molar-refractivity contribution < 1.29 is 18.0 Å². The highest BCUT2D eigenvalue weighted by Gasteiger charge is 2.13. The molecule has 20 heavy (non-hydrogen) atoms. The first-order chi connectivity index (χ1) is 9.45. The number of nitrogens with two attached hydrogens (primary N) is 1.